The van der Waals surface area contributed by atoms with Crippen molar-refractivity contribution in [2.75, 3.05) is 0 Å². The van der Waals surface area contributed by atoms with E-state index in [2.05, 4.69) is 537 Å². The van der Waals surface area contributed by atoms with Gasteiger partial charge in [0.05, 0.1) is 11.2 Å². The van der Waals surface area contributed by atoms with Crippen LogP contribution in [0.3, 0.4) is 0 Å². The van der Waals surface area contributed by atoms with Crippen molar-refractivity contribution in [2.45, 2.75) is 38.9 Å². The van der Waals surface area contributed by atoms with Gasteiger partial charge in [0.15, 0.2) is 0 Å². The molecule has 1 fully saturated rings. The lowest BCUT2D eigenvalue weighted by Gasteiger charge is -2.32. The molecule has 0 aromatic heterocycles. The fourth-order valence-corrected chi connectivity index (χ4v) is 28.3. The summed E-state index contributed by atoms with van der Waals surface area (Å²) in [6.45, 7) is 9.45. The van der Waals surface area contributed by atoms with Gasteiger partial charge in [-0.25, -0.2) is 0 Å². The lowest BCUT2D eigenvalue weighted by Crippen LogP contribution is -2.75. The van der Waals surface area contributed by atoms with E-state index >= 15 is 0 Å². The number of halogens is 6. The first-order chi connectivity index (χ1) is 58.3. The molecule has 0 bridgehead atoms. The Balaban J connectivity index is 0.000000173. The van der Waals surface area contributed by atoms with Gasteiger partial charge < -0.3 is 9.31 Å². The summed E-state index contributed by atoms with van der Waals surface area (Å²) in [5, 5.41) is 0. The van der Waals surface area contributed by atoms with E-state index in [-0.39, 0.29) is 58.6 Å². The SMILES string of the molecule is Brc1cc(-c2cccc(B3c4ccccc4B(c4ccccc4)c4ccccc43)c2)c(Br)cc1-c1cccc(B2c3ccccc3B(c3ccccc3)c3ccccc32)c1.Brc1cc(I)c(Br)cc1I.CC1(C)OB(c2cccc(B3c4ccccc4B(c4ccccc4)c4ccccc43)c2)OC1(C)C.S=S=S=S.S=S=S=S=S.S=S=S=S=S=S. The molecule has 14 aromatic carbocycles. The Kier molecular flexibility index (Phi) is 35.3. The van der Waals surface area contributed by atoms with Gasteiger partial charge in [0.1, 0.15) is 0 Å². The van der Waals surface area contributed by atoms with Gasteiger partial charge >= 0.3 is 7.12 Å². The lowest BCUT2D eigenvalue weighted by molar-refractivity contribution is 0.00578. The van der Waals surface area contributed by atoms with Crippen molar-refractivity contribution in [1.29, 1.82) is 0 Å². The maximum absolute atomic E-state index is 6.38. The zero-order chi connectivity index (χ0) is 84.5. The minimum Gasteiger partial charge on any atom is -0.399 e. The molecule has 1 saturated heterocycles. The van der Waals surface area contributed by atoms with Gasteiger partial charge in [0.25, 0.3) is 0 Å². The van der Waals surface area contributed by atoms with Crippen molar-refractivity contribution in [1.82, 2.24) is 0 Å². The van der Waals surface area contributed by atoms with Gasteiger partial charge in [0.2, 0.25) is 40.3 Å². The number of hydrogen-bond donors (Lipinski definition) is 0. The molecule has 0 radical (unpaired) electrons. The van der Waals surface area contributed by atoms with Gasteiger partial charge in [0, 0.05) is 172 Å². The smallest absolute Gasteiger partial charge is 0.399 e. The van der Waals surface area contributed by atoms with E-state index in [4.69, 9.17) is 9.31 Å². The normalized spacial score (nSPS) is 13.1. The third kappa shape index (κ3) is 22.1. The fourth-order valence-electron chi connectivity index (χ4n) is 16.5. The average molecular weight is 2310 g/mol. The molecule has 592 valence electrons. The predicted octanol–water partition coefficient (Wildman–Crippen LogP) is 11.0. The highest BCUT2D eigenvalue weighted by Crippen LogP contribution is 2.39. The van der Waals surface area contributed by atoms with Crippen molar-refractivity contribution < 1.29 is 9.31 Å². The highest BCUT2D eigenvalue weighted by atomic mass is 127. The Labute approximate surface area is 824 Å². The van der Waals surface area contributed by atoms with Crippen LogP contribution in [0.5, 0.6) is 0 Å². The second-order valence-corrected chi connectivity index (χ2v) is 50.9. The zero-order valence-electron chi connectivity index (χ0n) is 64.5. The summed E-state index contributed by atoms with van der Waals surface area (Å²) in [6, 6.07) is 123. The van der Waals surface area contributed by atoms with Crippen LogP contribution in [0.1, 0.15) is 27.7 Å². The molecule has 120 heavy (non-hydrogen) atoms. The van der Waals surface area contributed by atoms with E-state index < -0.39 is 0 Å². The third-order valence-electron chi connectivity index (χ3n) is 22.1. The van der Waals surface area contributed by atoms with E-state index in [1.807, 2.05) is 0 Å². The van der Waals surface area contributed by atoms with Crippen LogP contribution in [0.15, 0.2) is 352 Å². The van der Waals surface area contributed by atoms with Crippen LogP contribution >= 0.6 is 109 Å². The molecule has 0 N–H and O–H groups in total. The fraction of sp³-hybridized carbons (Fsp3) is 0.0667. The molecule has 30 heteroatoms. The van der Waals surface area contributed by atoms with Crippen molar-refractivity contribution in [3.63, 3.8) is 0 Å². The monoisotopic (exact) mass is 2310 g/mol. The van der Waals surface area contributed by atoms with Crippen LogP contribution in [0, 0.1) is 7.14 Å². The van der Waals surface area contributed by atoms with Crippen LogP contribution in [0.4, 0.5) is 0 Å². The molecule has 14 aromatic rings. The predicted molar refractivity (Wildman–Crippen MR) is 599 cm³/mol. The van der Waals surface area contributed by atoms with Crippen molar-refractivity contribution in [3.05, 3.63) is 359 Å². The number of fused-ring (bicyclic) bond motifs is 6. The summed E-state index contributed by atoms with van der Waals surface area (Å²) in [7, 11) is 11.6. The second kappa shape index (κ2) is 45.2. The largest absolute Gasteiger partial charge is 0.494 e. The zero-order valence-corrected chi connectivity index (χ0v) is 87.4. The van der Waals surface area contributed by atoms with Crippen LogP contribution in [-0.4, -0.2) is 58.6 Å². The third-order valence-corrected chi connectivity index (χ3v) is 41.3. The van der Waals surface area contributed by atoms with Crippen molar-refractivity contribution in [3.8, 4) is 22.3 Å². The Bertz CT molecular complexity index is 6070. The summed E-state index contributed by atoms with van der Waals surface area (Å²) >= 11 is 46.2. The highest BCUT2D eigenvalue weighted by molar-refractivity contribution is 14.1. The summed E-state index contributed by atoms with van der Waals surface area (Å²) < 4.78 is 19.7. The van der Waals surface area contributed by atoms with E-state index in [0.29, 0.717) is 0 Å². The van der Waals surface area contributed by atoms with Gasteiger partial charge in [-0.05, 0) is 157 Å². The van der Waals surface area contributed by atoms with Gasteiger partial charge in [-0.3, -0.25) is 0 Å². The quantitative estimate of drug-likeness (QED) is 0.0798. The number of benzene rings is 14. The minimum absolute atomic E-state index is 0.125. The molecule has 0 unspecified atom stereocenters. The van der Waals surface area contributed by atoms with Gasteiger partial charge in [-0.15, -0.1) is 0 Å². The molecule has 0 aliphatic carbocycles. The molecule has 0 saturated carbocycles. The minimum atomic E-state index is -0.369. The average Bonchev–Trinajstić information content (AvgIpc) is 0.948. The topological polar surface area (TPSA) is 18.5 Å². The van der Waals surface area contributed by atoms with Crippen LogP contribution in [0.25, 0.3) is 22.3 Å². The Morgan fingerprint density at radius 1 is 0.242 bits per heavy atom. The number of rotatable bonds is 9. The summed E-state index contributed by atoms with van der Waals surface area (Å²) in [4.78, 5) is 0. The molecule has 0 atom stereocenters. The maximum atomic E-state index is 6.38. The van der Waals surface area contributed by atoms with Crippen LogP contribution in [0.2, 0.25) is 0 Å². The van der Waals surface area contributed by atoms with Crippen LogP contribution < -0.4 is 104 Å². The standard InChI is InChI=1S/C54H36B4Br2.C30H29B3O2.C6H2Br2I2.S6.S5.S4/c59-53-36-44(38-18-16-24-42(34-38)58-51-31-13-9-27-47(51)56(40-21-5-2-6-22-40)48-28-10-14-32-52(48)58)54(60)35-43(53)37-17-15-23-41(33-37)57-49-29-11-7-25-45(49)55(39-19-3-1-4-20-39)46-26-8-12-30-50(46)57;1-29(2)30(3,4)35-33(34-29)24-16-12-15-23(21-24)32-27-19-10-8-17-25(27)31(22-13-6-5-7-14-22)26-18-9-11-20-28(26)32;7-3-1-5(9)4(8)2-6(3)10;1-3-5-6-4-2;1-3-5-4-2;1-3-4-2/h1-36H;5-21H,1-4H3;1-2H;;;. The molecule has 4 aliphatic rings. The van der Waals surface area contributed by atoms with E-state index in [1.54, 1.807) is 0 Å². The molecule has 0 amide bonds. The van der Waals surface area contributed by atoms with E-state index in [0.717, 1.165) is 34.5 Å². The van der Waals surface area contributed by atoms with Gasteiger partial charge in [-0.2, -0.15) is 0 Å². The molecular formula is C90H67B7Br4I2O2S15. The summed E-state index contributed by atoms with van der Waals surface area (Å²) in [5.74, 6) is 0. The van der Waals surface area contributed by atoms with E-state index in [9.17, 15) is 0 Å². The molecule has 0 spiro atoms. The van der Waals surface area contributed by atoms with Crippen molar-refractivity contribution >= 4 is 407 Å². The second-order valence-electron chi connectivity index (χ2n) is 29.2. The summed E-state index contributed by atoms with van der Waals surface area (Å²) in [6.07, 6.45) is 0. The number of hydrogen-bond acceptors (Lipinski definition) is 8. The first-order valence-corrected chi connectivity index (χ1v) is 59.0. The maximum Gasteiger partial charge on any atom is 0.494 e. The molecular weight excluding hydrogens is 2240 g/mol. The first kappa shape index (κ1) is 93.8. The molecule has 4 heterocycles. The highest BCUT2D eigenvalue weighted by Gasteiger charge is 2.52. The molecule has 2 nitrogen and oxygen atoms in total. The van der Waals surface area contributed by atoms with E-state index in [1.165, 1.54) is 197 Å². The Hall–Kier alpha value is -3.87. The first-order valence-electron chi connectivity index (χ1n) is 37.7. The van der Waals surface area contributed by atoms with Crippen LogP contribution in [-0.2, 0) is 156 Å². The Morgan fingerprint density at radius 2 is 0.467 bits per heavy atom. The van der Waals surface area contributed by atoms with Crippen molar-refractivity contribution in [2.24, 2.45) is 0 Å². The Morgan fingerprint density at radius 3 is 0.717 bits per heavy atom. The molecule has 18 rings (SSSR count). The van der Waals surface area contributed by atoms with Gasteiger partial charge in [-0.1, -0.05) is 440 Å². The molecule has 4 aliphatic heterocycles. The summed E-state index contributed by atoms with van der Waals surface area (Å²) in [5.41, 5.74) is 29.4. The lowest BCUT2D eigenvalue weighted by atomic mass is 9.21.